The van der Waals surface area contributed by atoms with Gasteiger partial charge in [0.1, 0.15) is 11.5 Å². The van der Waals surface area contributed by atoms with E-state index in [9.17, 15) is 4.79 Å². The molecule has 0 heterocycles. The van der Waals surface area contributed by atoms with Gasteiger partial charge in [0, 0.05) is 5.92 Å². The molecule has 0 unspecified atom stereocenters. The van der Waals surface area contributed by atoms with Crippen LogP contribution in [0, 0.1) is 11.3 Å². The molecule has 0 amide bonds. The second-order valence-electron chi connectivity index (χ2n) is 7.74. The van der Waals surface area contributed by atoms with Gasteiger partial charge in [-0.3, -0.25) is 4.79 Å². The molecule has 0 fully saturated rings. The number of rotatable bonds is 6. The number of benzene rings is 2. The normalized spacial score (nSPS) is 15.6. The molecule has 0 atom stereocenters. The van der Waals surface area contributed by atoms with E-state index in [2.05, 4.69) is 48.6 Å². The third-order valence-electron chi connectivity index (χ3n) is 5.56. The van der Waals surface area contributed by atoms with Crippen molar-refractivity contribution in [2.75, 3.05) is 21.3 Å². The quantitative estimate of drug-likeness (QED) is 0.601. The van der Waals surface area contributed by atoms with E-state index in [0.717, 1.165) is 33.8 Å². The minimum absolute atomic E-state index is 0.0401. The predicted molar refractivity (Wildman–Crippen MR) is 120 cm³/mol. The summed E-state index contributed by atoms with van der Waals surface area (Å²) in [5.41, 5.74) is 3.70. The minimum Gasteiger partial charge on any atom is -0.497 e. The van der Waals surface area contributed by atoms with Gasteiger partial charge in [-0.05, 0) is 60.4 Å². The topological polar surface area (TPSA) is 44.8 Å². The van der Waals surface area contributed by atoms with Crippen LogP contribution in [0.5, 0.6) is 11.5 Å². The molecule has 0 N–H and O–H groups in total. The Morgan fingerprint density at radius 1 is 0.767 bits per heavy atom. The highest BCUT2D eigenvalue weighted by molar-refractivity contribution is 5.86. The summed E-state index contributed by atoms with van der Waals surface area (Å²) in [6.07, 6.45) is 8.30. The van der Waals surface area contributed by atoms with Gasteiger partial charge < -0.3 is 14.2 Å². The Morgan fingerprint density at radius 3 is 1.57 bits per heavy atom. The highest BCUT2D eigenvalue weighted by atomic mass is 16.5. The molecule has 0 spiro atoms. The van der Waals surface area contributed by atoms with Crippen molar-refractivity contribution in [2.45, 2.75) is 13.8 Å². The van der Waals surface area contributed by atoms with Crippen LogP contribution in [0.4, 0.5) is 0 Å². The van der Waals surface area contributed by atoms with Crippen molar-refractivity contribution < 1.29 is 19.0 Å². The Bertz CT molecular complexity index is 911. The van der Waals surface area contributed by atoms with Gasteiger partial charge >= 0.3 is 5.97 Å². The fraction of sp³-hybridized carbons (Fsp3) is 0.269. The molecular formula is C26H28O4. The number of hydrogen-bond acceptors (Lipinski definition) is 4. The van der Waals surface area contributed by atoms with Crippen LogP contribution in [0.3, 0.4) is 0 Å². The number of allylic oxidation sites excluding steroid dienone is 5. The fourth-order valence-corrected chi connectivity index (χ4v) is 3.60. The zero-order chi connectivity index (χ0) is 21.7. The van der Waals surface area contributed by atoms with Crippen molar-refractivity contribution in [2.24, 2.45) is 11.3 Å². The van der Waals surface area contributed by atoms with Crippen molar-refractivity contribution in [3.05, 3.63) is 89.5 Å². The third kappa shape index (κ3) is 4.33. The smallest absolute Gasteiger partial charge is 0.312 e. The Labute approximate surface area is 178 Å². The zero-order valence-electron chi connectivity index (χ0n) is 18.1. The Balaban J connectivity index is 2.05. The van der Waals surface area contributed by atoms with Crippen LogP contribution < -0.4 is 9.47 Å². The van der Waals surface area contributed by atoms with Crippen molar-refractivity contribution >= 4 is 11.5 Å². The molecule has 0 aliphatic heterocycles. The van der Waals surface area contributed by atoms with E-state index in [4.69, 9.17) is 14.2 Å². The first-order valence-corrected chi connectivity index (χ1v) is 9.88. The lowest BCUT2D eigenvalue weighted by atomic mass is 9.76. The van der Waals surface area contributed by atoms with Gasteiger partial charge in [-0.25, -0.2) is 0 Å². The van der Waals surface area contributed by atoms with Gasteiger partial charge in [0.2, 0.25) is 0 Å². The lowest BCUT2D eigenvalue weighted by Crippen LogP contribution is -2.32. The van der Waals surface area contributed by atoms with Crippen molar-refractivity contribution in [1.29, 1.82) is 0 Å². The molecule has 1 aliphatic carbocycles. The molecule has 0 aromatic heterocycles. The second kappa shape index (κ2) is 9.04. The standard InChI is InChI=1S/C26H28O4/c1-26(2,25(27)30-5)21-12-6-18(7-13-21)24(19-8-14-22(28-3)15-9-19)20-10-16-23(29-4)17-11-20/h6-17,21H,1-5H3. The molecule has 156 valence electrons. The summed E-state index contributed by atoms with van der Waals surface area (Å²) in [6.45, 7) is 3.81. The molecule has 4 nitrogen and oxygen atoms in total. The van der Waals surface area contributed by atoms with Crippen LogP contribution >= 0.6 is 0 Å². The molecule has 4 heteroatoms. The summed E-state index contributed by atoms with van der Waals surface area (Å²) in [5.74, 6) is 1.36. The lowest BCUT2D eigenvalue weighted by Gasteiger charge is -2.29. The average Bonchev–Trinajstić information content (AvgIpc) is 2.80. The van der Waals surface area contributed by atoms with Gasteiger partial charge in [-0.2, -0.15) is 0 Å². The van der Waals surface area contributed by atoms with E-state index < -0.39 is 5.41 Å². The molecule has 3 rings (SSSR count). The Kier molecular flexibility index (Phi) is 6.46. The van der Waals surface area contributed by atoms with Crippen LogP contribution in [0.25, 0.3) is 5.57 Å². The van der Waals surface area contributed by atoms with E-state index in [1.165, 1.54) is 7.11 Å². The minimum atomic E-state index is -0.631. The van der Waals surface area contributed by atoms with E-state index in [1.807, 2.05) is 38.1 Å². The second-order valence-corrected chi connectivity index (χ2v) is 7.74. The largest absolute Gasteiger partial charge is 0.497 e. The molecule has 0 saturated heterocycles. The lowest BCUT2D eigenvalue weighted by molar-refractivity contribution is -0.152. The summed E-state index contributed by atoms with van der Waals surface area (Å²) in [7, 11) is 4.75. The highest BCUT2D eigenvalue weighted by Crippen LogP contribution is 2.37. The number of hydrogen-bond donors (Lipinski definition) is 0. The van der Waals surface area contributed by atoms with Crippen LogP contribution in [0.2, 0.25) is 0 Å². The molecular weight excluding hydrogens is 376 g/mol. The van der Waals surface area contributed by atoms with Gasteiger partial charge in [0.15, 0.2) is 0 Å². The van der Waals surface area contributed by atoms with Crippen molar-refractivity contribution in [3.8, 4) is 11.5 Å². The number of methoxy groups -OCH3 is 3. The zero-order valence-corrected chi connectivity index (χ0v) is 18.1. The maximum Gasteiger partial charge on any atom is 0.312 e. The van der Waals surface area contributed by atoms with Crippen molar-refractivity contribution in [1.82, 2.24) is 0 Å². The van der Waals surface area contributed by atoms with Gasteiger partial charge in [-0.1, -0.05) is 48.6 Å². The molecule has 2 aromatic carbocycles. The van der Waals surface area contributed by atoms with Gasteiger partial charge in [0.05, 0.1) is 26.7 Å². The predicted octanol–water partition coefficient (Wildman–Crippen LogP) is 5.45. The monoisotopic (exact) mass is 404 g/mol. The van der Waals surface area contributed by atoms with E-state index in [0.29, 0.717) is 0 Å². The molecule has 30 heavy (non-hydrogen) atoms. The first-order valence-electron chi connectivity index (χ1n) is 9.88. The first kappa shape index (κ1) is 21.4. The Morgan fingerprint density at radius 2 is 1.20 bits per heavy atom. The number of ether oxygens (including phenoxy) is 3. The van der Waals surface area contributed by atoms with Crippen molar-refractivity contribution in [3.63, 3.8) is 0 Å². The van der Waals surface area contributed by atoms with Crippen LogP contribution in [-0.2, 0) is 9.53 Å². The fourth-order valence-electron chi connectivity index (χ4n) is 3.60. The molecule has 1 aliphatic rings. The van der Waals surface area contributed by atoms with Crippen LogP contribution in [0.1, 0.15) is 25.0 Å². The highest BCUT2D eigenvalue weighted by Gasteiger charge is 2.35. The summed E-state index contributed by atoms with van der Waals surface area (Å²) in [5, 5.41) is 0. The van der Waals surface area contributed by atoms with Gasteiger partial charge in [-0.15, -0.1) is 0 Å². The summed E-state index contributed by atoms with van der Waals surface area (Å²) < 4.78 is 15.6. The molecule has 0 bridgehead atoms. The van der Waals surface area contributed by atoms with Crippen LogP contribution in [0.15, 0.2) is 78.4 Å². The summed E-state index contributed by atoms with van der Waals surface area (Å²) >= 11 is 0. The van der Waals surface area contributed by atoms with E-state index >= 15 is 0 Å². The maximum atomic E-state index is 12.2. The summed E-state index contributed by atoms with van der Waals surface area (Å²) in [6, 6.07) is 16.0. The number of carbonyl (C=O) groups excluding carboxylic acids is 1. The SMILES string of the molecule is COC(=O)C(C)(C)C1C=CC(=C(c2ccc(OC)cc2)c2ccc(OC)cc2)C=C1. The maximum absolute atomic E-state index is 12.2. The number of esters is 1. The first-order chi connectivity index (χ1) is 14.4. The van der Waals surface area contributed by atoms with E-state index in [1.54, 1.807) is 14.2 Å². The van der Waals surface area contributed by atoms with Gasteiger partial charge in [0.25, 0.3) is 0 Å². The third-order valence-corrected chi connectivity index (χ3v) is 5.56. The molecule has 0 radical (unpaired) electrons. The molecule has 2 aromatic rings. The Hall–Kier alpha value is -3.27. The summed E-state index contributed by atoms with van der Waals surface area (Å²) in [4.78, 5) is 12.2. The van der Waals surface area contributed by atoms with E-state index in [-0.39, 0.29) is 11.9 Å². The molecule has 0 saturated carbocycles. The van der Waals surface area contributed by atoms with Crippen LogP contribution in [-0.4, -0.2) is 27.3 Å². The number of carbonyl (C=O) groups is 1. The average molecular weight is 405 g/mol.